The van der Waals surface area contributed by atoms with Crippen LogP contribution in [0.25, 0.3) is 22.3 Å². The highest BCUT2D eigenvalue weighted by atomic mass is 19.1. The molecule has 1 aromatic carbocycles. The largest absolute Gasteiger partial charge is 0.346 e. The van der Waals surface area contributed by atoms with E-state index in [9.17, 15) is 9.18 Å². The zero-order chi connectivity index (χ0) is 21.4. The van der Waals surface area contributed by atoms with E-state index in [4.69, 9.17) is 4.98 Å². The van der Waals surface area contributed by atoms with E-state index in [-0.39, 0.29) is 24.2 Å². The molecule has 158 valence electrons. The van der Waals surface area contributed by atoms with Crippen molar-refractivity contribution in [1.29, 1.82) is 0 Å². The van der Waals surface area contributed by atoms with Crippen LogP contribution >= 0.6 is 0 Å². The van der Waals surface area contributed by atoms with Gasteiger partial charge in [-0.2, -0.15) is 5.10 Å². The van der Waals surface area contributed by atoms with Crippen molar-refractivity contribution < 1.29 is 9.18 Å². The van der Waals surface area contributed by atoms with Crippen molar-refractivity contribution in [2.75, 3.05) is 6.54 Å². The summed E-state index contributed by atoms with van der Waals surface area (Å²) < 4.78 is 16.2. The number of pyridine rings is 1. The van der Waals surface area contributed by atoms with Gasteiger partial charge < -0.3 is 9.47 Å². The van der Waals surface area contributed by atoms with Crippen LogP contribution in [0, 0.1) is 11.7 Å². The monoisotopic (exact) mass is 417 g/mol. The number of nitrogens with one attached hydrogen (secondary N) is 1. The molecule has 1 aliphatic heterocycles. The van der Waals surface area contributed by atoms with Crippen LogP contribution in [-0.2, 0) is 17.8 Å². The number of hydrogen-bond acceptors (Lipinski definition) is 3. The number of benzene rings is 1. The predicted octanol–water partition coefficient (Wildman–Crippen LogP) is 4.05. The number of halogens is 1. The minimum atomic E-state index is -0.319. The number of amides is 1. The quantitative estimate of drug-likeness (QED) is 0.533. The minimum absolute atomic E-state index is 0.0103. The normalized spacial score (nSPS) is 18.7. The molecule has 3 aromatic heterocycles. The summed E-state index contributed by atoms with van der Waals surface area (Å²) in [6.07, 6.45) is 6.70. The second-order valence-electron chi connectivity index (χ2n) is 8.32. The topological polar surface area (TPSA) is 66.8 Å². The van der Waals surface area contributed by atoms with Crippen LogP contribution in [-0.4, -0.2) is 43.1 Å². The standard InChI is InChI=1S/C24H24FN5O/c1-16-10-17(15-30(16)24(31)11-18-4-2-3-5-20(18)25)14-29-9-8-22-23(29)7-6-21(28-22)19-12-26-27-13-19/h2-9,12-13,16-17H,10-11,14-15H2,1H3,(H,26,27). The molecule has 0 spiro atoms. The fraction of sp³-hybridized carbons (Fsp3) is 0.292. The molecule has 1 N–H and O–H groups in total. The molecule has 5 rings (SSSR count). The van der Waals surface area contributed by atoms with Crippen LogP contribution < -0.4 is 0 Å². The molecule has 1 saturated heterocycles. The highest BCUT2D eigenvalue weighted by Gasteiger charge is 2.32. The van der Waals surface area contributed by atoms with Crippen LogP contribution in [0.15, 0.2) is 61.1 Å². The van der Waals surface area contributed by atoms with Gasteiger partial charge in [-0.1, -0.05) is 18.2 Å². The lowest BCUT2D eigenvalue weighted by atomic mass is 10.1. The van der Waals surface area contributed by atoms with Gasteiger partial charge in [0.2, 0.25) is 5.91 Å². The number of rotatable bonds is 5. The lowest BCUT2D eigenvalue weighted by molar-refractivity contribution is -0.131. The molecule has 1 aliphatic rings. The van der Waals surface area contributed by atoms with E-state index in [2.05, 4.69) is 34.0 Å². The van der Waals surface area contributed by atoms with Crippen LogP contribution in [0.4, 0.5) is 4.39 Å². The fourth-order valence-electron chi connectivity index (χ4n) is 4.59. The molecule has 1 fully saturated rings. The molecule has 1 amide bonds. The number of likely N-dealkylation sites (tertiary alicyclic amines) is 1. The van der Waals surface area contributed by atoms with Crippen LogP contribution in [0.2, 0.25) is 0 Å². The Kier molecular flexibility index (Phi) is 5.02. The van der Waals surface area contributed by atoms with Gasteiger partial charge in [-0.25, -0.2) is 9.37 Å². The van der Waals surface area contributed by atoms with E-state index in [1.807, 2.05) is 23.2 Å². The van der Waals surface area contributed by atoms with Crippen molar-refractivity contribution in [3.63, 3.8) is 0 Å². The molecule has 31 heavy (non-hydrogen) atoms. The Balaban J connectivity index is 1.28. The molecule has 7 heteroatoms. The molecule has 4 aromatic rings. The Morgan fingerprint density at radius 1 is 1.23 bits per heavy atom. The third kappa shape index (κ3) is 3.83. The average molecular weight is 417 g/mol. The van der Waals surface area contributed by atoms with Crippen molar-refractivity contribution in [3.8, 4) is 11.3 Å². The minimum Gasteiger partial charge on any atom is -0.346 e. The molecular weight excluding hydrogens is 393 g/mol. The Hall–Kier alpha value is -3.48. The highest BCUT2D eigenvalue weighted by Crippen LogP contribution is 2.28. The third-order valence-corrected chi connectivity index (χ3v) is 6.15. The number of hydrogen-bond donors (Lipinski definition) is 1. The maximum Gasteiger partial charge on any atom is 0.227 e. The van der Waals surface area contributed by atoms with Crippen molar-refractivity contribution in [2.45, 2.75) is 32.4 Å². The number of aromatic amines is 1. The van der Waals surface area contributed by atoms with E-state index in [1.54, 1.807) is 24.4 Å². The molecule has 2 atom stereocenters. The molecule has 2 unspecified atom stereocenters. The summed E-state index contributed by atoms with van der Waals surface area (Å²) >= 11 is 0. The fourth-order valence-corrected chi connectivity index (χ4v) is 4.59. The van der Waals surface area contributed by atoms with Gasteiger partial charge in [-0.15, -0.1) is 0 Å². The maximum atomic E-state index is 13.9. The van der Waals surface area contributed by atoms with Crippen molar-refractivity contribution >= 4 is 16.9 Å². The van der Waals surface area contributed by atoms with Gasteiger partial charge in [0.25, 0.3) is 0 Å². The second kappa shape index (κ2) is 7.98. The summed E-state index contributed by atoms with van der Waals surface area (Å²) in [6.45, 7) is 3.59. The number of carbonyl (C=O) groups excluding carboxylic acids is 1. The Morgan fingerprint density at radius 2 is 2.10 bits per heavy atom. The first-order chi connectivity index (χ1) is 15.1. The average Bonchev–Trinajstić information content (AvgIpc) is 3.50. The third-order valence-electron chi connectivity index (χ3n) is 6.15. The zero-order valence-electron chi connectivity index (χ0n) is 17.3. The van der Waals surface area contributed by atoms with Crippen LogP contribution in [0.1, 0.15) is 18.9 Å². The van der Waals surface area contributed by atoms with Gasteiger partial charge in [-0.05, 0) is 49.1 Å². The molecule has 0 aliphatic carbocycles. The summed E-state index contributed by atoms with van der Waals surface area (Å²) in [5, 5.41) is 6.81. The van der Waals surface area contributed by atoms with Gasteiger partial charge in [0, 0.05) is 37.1 Å². The first-order valence-electron chi connectivity index (χ1n) is 10.6. The van der Waals surface area contributed by atoms with E-state index < -0.39 is 0 Å². The number of fused-ring (bicyclic) bond motifs is 1. The van der Waals surface area contributed by atoms with Crippen molar-refractivity contribution in [2.24, 2.45) is 5.92 Å². The maximum absolute atomic E-state index is 13.9. The summed E-state index contributed by atoms with van der Waals surface area (Å²) in [6, 6.07) is 12.8. The Bertz CT molecular complexity index is 1220. The summed E-state index contributed by atoms with van der Waals surface area (Å²) in [4.78, 5) is 19.5. The molecular formula is C24H24FN5O. The molecule has 6 nitrogen and oxygen atoms in total. The van der Waals surface area contributed by atoms with Gasteiger partial charge >= 0.3 is 0 Å². The van der Waals surface area contributed by atoms with Crippen LogP contribution in [0.5, 0.6) is 0 Å². The SMILES string of the molecule is CC1CC(Cn2ccc3nc(-c4cn[nH]c4)ccc32)CN1C(=O)Cc1ccccc1F. The van der Waals surface area contributed by atoms with Gasteiger partial charge in [0.15, 0.2) is 0 Å². The van der Waals surface area contributed by atoms with Crippen molar-refractivity contribution in [3.05, 3.63) is 72.4 Å². The number of nitrogens with zero attached hydrogens (tertiary/aromatic N) is 4. The number of aromatic nitrogens is 4. The van der Waals surface area contributed by atoms with Crippen LogP contribution in [0.3, 0.4) is 0 Å². The smallest absolute Gasteiger partial charge is 0.227 e. The Morgan fingerprint density at radius 3 is 2.90 bits per heavy atom. The second-order valence-corrected chi connectivity index (χ2v) is 8.32. The lowest BCUT2D eigenvalue weighted by Gasteiger charge is -2.21. The summed E-state index contributed by atoms with van der Waals surface area (Å²) in [5.41, 5.74) is 4.33. The predicted molar refractivity (Wildman–Crippen MR) is 117 cm³/mol. The highest BCUT2D eigenvalue weighted by molar-refractivity contribution is 5.80. The van der Waals surface area contributed by atoms with Gasteiger partial charge in [0.05, 0.1) is 29.3 Å². The number of H-pyrrole nitrogens is 1. The molecule has 0 bridgehead atoms. The Labute approximate surface area is 179 Å². The summed E-state index contributed by atoms with van der Waals surface area (Å²) in [7, 11) is 0. The first-order valence-corrected chi connectivity index (χ1v) is 10.6. The van der Waals surface area contributed by atoms with Crippen molar-refractivity contribution in [1.82, 2.24) is 24.6 Å². The molecule has 0 radical (unpaired) electrons. The van der Waals surface area contributed by atoms with E-state index in [1.165, 1.54) is 6.07 Å². The van der Waals surface area contributed by atoms with Gasteiger partial charge in [0.1, 0.15) is 5.82 Å². The van der Waals surface area contributed by atoms with E-state index >= 15 is 0 Å². The first kappa shape index (κ1) is 19.5. The summed E-state index contributed by atoms with van der Waals surface area (Å²) in [5.74, 6) is 0.0213. The molecule has 4 heterocycles. The zero-order valence-corrected chi connectivity index (χ0v) is 17.3. The number of carbonyl (C=O) groups is 1. The lowest BCUT2D eigenvalue weighted by Crippen LogP contribution is -2.35. The van der Waals surface area contributed by atoms with Gasteiger partial charge in [-0.3, -0.25) is 9.89 Å². The van der Waals surface area contributed by atoms with E-state index in [0.717, 1.165) is 35.3 Å². The van der Waals surface area contributed by atoms with E-state index in [0.29, 0.717) is 18.0 Å². The molecule has 0 saturated carbocycles.